The largest absolute Gasteiger partial charge is 0.497 e. The molecular formula is C35H41N3O3. The van der Waals surface area contributed by atoms with Crippen molar-refractivity contribution in [3.8, 4) is 17.2 Å². The van der Waals surface area contributed by atoms with Gasteiger partial charge in [0.25, 0.3) is 0 Å². The summed E-state index contributed by atoms with van der Waals surface area (Å²) >= 11 is 0. The molecule has 6 nitrogen and oxygen atoms in total. The van der Waals surface area contributed by atoms with Crippen LogP contribution in [-0.2, 0) is 13.1 Å². The van der Waals surface area contributed by atoms with E-state index in [9.17, 15) is 0 Å². The lowest BCUT2D eigenvalue weighted by Gasteiger charge is -2.27. The van der Waals surface area contributed by atoms with Crippen LogP contribution in [0.4, 0.5) is 17.1 Å². The number of ether oxygens (including phenoxy) is 3. The molecule has 1 heterocycles. The van der Waals surface area contributed by atoms with E-state index in [1.807, 2.05) is 50.5 Å². The van der Waals surface area contributed by atoms with Crippen molar-refractivity contribution in [1.82, 2.24) is 0 Å². The average Bonchev–Trinajstić information content (AvgIpc) is 3.55. The molecule has 214 valence electrons. The second-order valence-electron chi connectivity index (χ2n) is 10.7. The highest BCUT2D eigenvalue weighted by atomic mass is 16.5. The average molecular weight is 552 g/mol. The molecule has 4 aromatic rings. The normalized spacial score (nSPS) is 12.7. The zero-order valence-corrected chi connectivity index (χ0v) is 24.5. The van der Waals surface area contributed by atoms with Crippen LogP contribution < -0.4 is 28.9 Å². The van der Waals surface area contributed by atoms with E-state index in [0.29, 0.717) is 13.2 Å². The van der Waals surface area contributed by atoms with E-state index >= 15 is 0 Å². The van der Waals surface area contributed by atoms with Crippen LogP contribution in [0, 0.1) is 0 Å². The Balaban J connectivity index is 1.29. The van der Waals surface area contributed by atoms with Crippen molar-refractivity contribution in [2.24, 2.45) is 0 Å². The monoisotopic (exact) mass is 551 g/mol. The van der Waals surface area contributed by atoms with Crippen LogP contribution >= 0.6 is 0 Å². The van der Waals surface area contributed by atoms with Gasteiger partial charge in [0.2, 0.25) is 0 Å². The predicted molar refractivity (Wildman–Crippen MR) is 169 cm³/mol. The number of benzene rings is 4. The van der Waals surface area contributed by atoms with E-state index < -0.39 is 0 Å². The predicted octanol–water partition coefficient (Wildman–Crippen LogP) is 7.03. The summed E-state index contributed by atoms with van der Waals surface area (Å²) in [6.45, 7) is 4.75. The van der Waals surface area contributed by atoms with Crippen molar-refractivity contribution in [2.75, 3.05) is 62.2 Å². The van der Waals surface area contributed by atoms with Gasteiger partial charge in [-0.25, -0.2) is 0 Å². The van der Waals surface area contributed by atoms with E-state index in [1.54, 1.807) is 7.11 Å². The third kappa shape index (κ3) is 7.88. The Morgan fingerprint density at radius 2 is 1.20 bits per heavy atom. The molecule has 0 saturated carbocycles. The molecular weight excluding hydrogens is 510 g/mol. The van der Waals surface area contributed by atoms with Crippen LogP contribution in [0.25, 0.3) is 0 Å². The highest BCUT2D eigenvalue weighted by Gasteiger charge is 2.15. The third-order valence-corrected chi connectivity index (χ3v) is 7.40. The molecule has 0 spiro atoms. The van der Waals surface area contributed by atoms with Crippen LogP contribution in [0.5, 0.6) is 17.2 Å². The number of nitrogens with zero attached hydrogens (tertiary/aromatic N) is 3. The fraction of sp³-hybridized carbons (Fsp3) is 0.314. The summed E-state index contributed by atoms with van der Waals surface area (Å²) in [5, 5.41) is 0. The first-order valence-electron chi connectivity index (χ1n) is 14.4. The molecule has 5 rings (SSSR count). The van der Waals surface area contributed by atoms with E-state index in [1.165, 1.54) is 29.7 Å². The molecule has 0 N–H and O–H groups in total. The summed E-state index contributed by atoms with van der Waals surface area (Å²) in [7, 11) is 5.76. The number of methoxy groups -OCH3 is 1. The van der Waals surface area contributed by atoms with Crippen LogP contribution in [-0.4, -0.2) is 47.5 Å². The van der Waals surface area contributed by atoms with Gasteiger partial charge in [-0.1, -0.05) is 36.4 Å². The van der Waals surface area contributed by atoms with E-state index in [-0.39, 0.29) is 0 Å². The van der Waals surface area contributed by atoms with Gasteiger partial charge in [0.1, 0.15) is 30.5 Å². The summed E-state index contributed by atoms with van der Waals surface area (Å²) in [4.78, 5) is 6.95. The molecule has 1 aliphatic rings. The molecule has 0 aromatic heterocycles. The SMILES string of the molecule is COc1cccc(CN(Cc2cccc(N3CCCC3)c2)c2cccc(OCCOc3cccc(N(C)C)c3)c2)c1. The molecule has 41 heavy (non-hydrogen) atoms. The molecule has 0 atom stereocenters. The summed E-state index contributed by atoms with van der Waals surface area (Å²) in [6, 6.07) is 33.7. The number of hydrogen-bond donors (Lipinski definition) is 0. The maximum absolute atomic E-state index is 6.13. The molecule has 0 radical (unpaired) electrons. The van der Waals surface area contributed by atoms with Gasteiger partial charge in [0.15, 0.2) is 0 Å². The smallest absolute Gasteiger partial charge is 0.122 e. The lowest BCUT2D eigenvalue weighted by molar-refractivity contribution is 0.217. The second-order valence-corrected chi connectivity index (χ2v) is 10.7. The minimum Gasteiger partial charge on any atom is -0.497 e. The van der Waals surface area contributed by atoms with Gasteiger partial charge in [-0.05, 0) is 72.5 Å². The zero-order chi connectivity index (χ0) is 28.4. The Hall–Kier alpha value is -4.32. The van der Waals surface area contributed by atoms with Crippen molar-refractivity contribution < 1.29 is 14.2 Å². The van der Waals surface area contributed by atoms with Crippen LogP contribution in [0.2, 0.25) is 0 Å². The molecule has 1 aliphatic heterocycles. The second kappa shape index (κ2) is 13.8. The van der Waals surface area contributed by atoms with Crippen LogP contribution in [0.1, 0.15) is 24.0 Å². The molecule has 0 unspecified atom stereocenters. The molecule has 1 fully saturated rings. The lowest BCUT2D eigenvalue weighted by atomic mass is 10.1. The fourth-order valence-corrected chi connectivity index (χ4v) is 5.22. The quantitative estimate of drug-likeness (QED) is 0.166. The number of rotatable bonds is 13. The Morgan fingerprint density at radius 1 is 0.634 bits per heavy atom. The van der Waals surface area contributed by atoms with Crippen LogP contribution in [0.15, 0.2) is 97.1 Å². The number of anilines is 3. The molecule has 4 aromatic carbocycles. The minimum absolute atomic E-state index is 0.462. The molecule has 0 bridgehead atoms. The van der Waals surface area contributed by atoms with Gasteiger partial charge < -0.3 is 28.9 Å². The van der Waals surface area contributed by atoms with Gasteiger partial charge in [-0.3, -0.25) is 0 Å². The Kier molecular flexibility index (Phi) is 9.53. The summed E-state index contributed by atoms with van der Waals surface area (Å²) < 4.78 is 17.6. The zero-order valence-electron chi connectivity index (χ0n) is 24.5. The fourth-order valence-electron chi connectivity index (χ4n) is 5.22. The first-order chi connectivity index (χ1) is 20.1. The lowest BCUT2D eigenvalue weighted by Crippen LogP contribution is -2.23. The van der Waals surface area contributed by atoms with Gasteiger partial charge >= 0.3 is 0 Å². The third-order valence-electron chi connectivity index (χ3n) is 7.40. The summed E-state index contributed by atoms with van der Waals surface area (Å²) in [5.74, 6) is 2.54. The molecule has 6 heteroatoms. The minimum atomic E-state index is 0.462. The Morgan fingerprint density at radius 3 is 1.85 bits per heavy atom. The first kappa shape index (κ1) is 28.2. The van der Waals surface area contributed by atoms with Gasteiger partial charge in [-0.15, -0.1) is 0 Å². The van der Waals surface area contributed by atoms with Crippen LogP contribution in [0.3, 0.4) is 0 Å². The van der Waals surface area contributed by atoms with Crippen molar-refractivity contribution in [3.63, 3.8) is 0 Å². The highest BCUT2D eigenvalue weighted by Crippen LogP contribution is 2.28. The van der Waals surface area contributed by atoms with Crippen molar-refractivity contribution in [3.05, 3.63) is 108 Å². The maximum atomic E-state index is 6.13. The van der Waals surface area contributed by atoms with Crippen molar-refractivity contribution >= 4 is 17.1 Å². The molecule has 0 amide bonds. The molecule has 0 aliphatic carbocycles. The highest BCUT2D eigenvalue weighted by molar-refractivity contribution is 5.54. The molecule has 1 saturated heterocycles. The Labute approximate surface area is 244 Å². The maximum Gasteiger partial charge on any atom is 0.122 e. The van der Waals surface area contributed by atoms with Crippen molar-refractivity contribution in [2.45, 2.75) is 25.9 Å². The van der Waals surface area contributed by atoms with Gasteiger partial charge in [0.05, 0.1) is 7.11 Å². The summed E-state index contributed by atoms with van der Waals surface area (Å²) in [6.07, 6.45) is 2.54. The first-order valence-corrected chi connectivity index (χ1v) is 14.4. The topological polar surface area (TPSA) is 37.4 Å². The Bertz CT molecular complexity index is 1400. The van der Waals surface area contributed by atoms with E-state index in [2.05, 4.69) is 75.4 Å². The van der Waals surface area contributed by atoms with Gasteiger partial charge in [-0.2, -0.15) is 0 Å². The number of hydrogen-bond acceptors (Lipinski definition) is 6. The summed E-state index contributed by atoms with van der Waals surface area (Å²) in [5.41, 5.74) is 6.01. The van der Waals surface area contributed by atoms with E-state index in [4.69, 9.17) is 14.2 Å². The van der Waals surface area contributed by atoms with Gasteiger partial charge in [0, 0.05) is 69.5 Å². The van der Waals surface area contributed by atoms with E-state index in [0.717, 1.165) is 54.8 Å². The standard InChI is InChI=1S/C35H41N3O3/c1-36(2)30-12-8-16-34(24-30)40-20-21-41-35-17-9-14-32(25-35)38(27-29-11-7-15-33(23-29)39-3)26-28-10-6-13-31(22-28)37-18-4-5-19-37/h6-17,22-25H,4-5,18-21,26-27H2,1-3H3. The van der Waals surface area contributed by atoms with Crippen molar-refractivity contribution in [1.29, 1.82) is 0 Å².